The van der Waals surface area contributed by atoms with Crippen LogP contribution in [0, 0.1) is 0 Å². The van der Waals surface area contributed by atoms with Crippen molar-refractivity contribution >= 4 is 33.6 Å². The zero-order valence-electron chi connectivity index (χ0n) is 15.7. The standard InChI is InChI=1S/C22H24N6/c23-16-8-10-17(11-9-16)25-21-14-20(22-24-12-13-28(22)27-21)26-19-7-3-5-15-4-1-2-6-18(15)19/h1-7,12-14,16-17,26H,8-11,23H2,(H,25,27). The lowest BCUT2D eigenvalue weighted by Crippen LogP contribution is -2.33. The van der Waals surface area contributed by atoms with Crippen molar-refractivity contribution in [3.63, 3.8) is 0 Å². The van der Waals surface area contributed by atoms with Crippen LogP contribution in [0.3, 0.4) is 0 Å². The van der Waals surface area contributed by atoms with E-state index in [9.17, 15) is 0 Å². The van der Waals surface area contributed by atoms with E-state index in [4.69, 9.17) is 5.73 Å². The average molecular weight is 372 g/mol. The van der Waals surface area contributed by atoms with E-state index in [0.717, 1.165) is 48.5 Å². The van der Waals surface area contributed by atoms with E-state index >= 15 is 0 Å². The summed E-state index contributed by atoms with van der Waals surface area (Å²) in [4.78, 5) is 4.49. The summed E-state index contributed by atoms with van der Waals surface area (Å²) in [5, 5.41) is 14.2. The van der Waals surface area contributed by atoms with Crippen LogP contribution < -0.4 is 16.4 Å². The predicted molar refractivity (Wildman–Crippen MR) is 114 cm³/mol. The summed E-state index contributed by atoms with van der Waals surface area (Å²) in [5.74, 6) is 0.855. The molecule has 1 fully saturated rings. The highest BCUT2D eigenvalue weighted by Gasteiger charge is 2.19. The van der Waals surface area contributed by atoms with Gasteiger partial charge in [0.1, 0.15) is 5.82 Å². The van der Waals surface area contributed by atoms with Crippen LogP contribution in [-0.4, -0.2) is 26.7 Å². The van der Waals surface area contributed by atoms with Gasteiger partial charge in [-0.05, 0) is 37.1 Å². The summed E-state index contributed by atoms with van der Waals surface area (Å²) in [5.41, 5.74) is 8.85. The second kappa shape index (κ2) is 7.13. The third kappa shape index (κ3) is 3.27. The average Bonchev–Trinajstić information content (AvgIpc) is 3.19. The minimum atomic E-state index is 0.339. The highest BCUT2D eigenvalue weighted by atomic mass is 15.3. The normalized spacial score (nSPS) is 19.8. The molecule has 2 aromatic heterocycles. The van der Waals surface area contributed by atoms with Crippen LogP contribution in [0.4, 0.5) is 17.2 Å². The smallest absolute Gasteiger partial charge is 0.177 e. The topological polar surface area (TPSA) is 80.3 Å². The number of anilines is 3. The van der Waals surface area contributed by atoms with Gasteiger partial charge in [-0.2, -0.15) is 0 Å². The van der Waals surface area contributed by atoms with Gasteiger partial charge in [0.05, 0.1) is 5.69 Å². The van der Waals surface area contributed by atoms with Gasteiger partial charge < -0.3 is 16.4 Å². The monoisotopic (exact) mass is 372 g/mol. The molecule has 1 aliphatic rings. The van der Waals surface area contributed by atoms with E-state index in [1.54, 1.807) is 6.20 Å². The molecule has 0 saturated heterocycles. The van der Waals surface area contributed by atoms with Crippen LogP contribution in [0.2, 0.25) is 0 Å². The molecule has 0 bridgehead atoms. The minimum absolute atomic E-state index is 0.339. The van der Waals surface area contributed by atoms with Gasteiger partial charge >= 0.3 is 0 Å². The van der Waals surface area contributed by atoms with Crippen molar-refractivity contribution in [1.82, 2.24) is 14.6 Å². The van der Waals surface area contributed by atoms with Crippen LogP contribution in [0.25, 0.3) is 16.4 Å². The quantitative estimate of drug-likeness (QED) is 0.497. The summed E-state index contributed by atoms with van der Waals surface area (Å²) < 4.78 is 1.82. The molecule has 0 atom stereocenters. The highest BCUT2D eigenvalue weighted by molar-refractivity contribution is 5.96. The van der Waals surface area contributed by atoms with E-state index in [1.807, 2.05) is 10.7 Å². The van der Waals surface area contributed by atoms with Crippen molar-refractivity contribution in [1.29, 1.82) is 0 Å². The first-order chi connectivity index (χ1) is 13.8. The summed E-state index contributed by atoms with van der Waals surface area (Å²) in [6.07, 6.45) is 7.94. The Morgan fingerprint density at radius 2 is 1.79 bits per heavy atom. The Hall–Kier alpha value is -3.12. The molecule has 0 amide bonds. The fourth-order valence-corrected chi connectivity index (χ4v) is 4.03. The van der Waals surface area contributed by atoms with E-state index in [1.165, 1.54) is 10.8 Å². The molecule has 2 aromatic carbocycles. The van der Waals surface area contributed by atoms with Crippen molar-refractivity contribution in [2.75, 3.05) is 10.6 Å². The number of rotatable bonds is 4. The van der Waals surface area contributed by atoms with Crippen molar-refractivity contribution in [2.45, 2.75) is 37.8 Å². The van der Waals surface area contributed by atoms with Crippen LogP contribution in [-0.2, 0) is 0 Å². The maximum absolute atomic E-state index is 6.04. The van der Waals surface area contributed by atoms with E-state index in [-0.39, 0.29) is 0 Å². The number of hydrogen-bond acceptors (Lipinski definition) is 5. The Labute approximate surface area is 163 Å². The molecule has 6 heteroatoms. The molecule has 2 heterocycles. The van der Waals surface area contributed by atoms with Gasteiger partial charge in [0.25, 0.3) is 0 Å². The summed E-state index contributed by atoms with van der Waals surface area (Å²) >= 11 is 0. The van der Waals surface area contributed by atoms with Crippen LogP contribution in [0.5, 0.6) is 0 Å². The SMILES string of the molecule is NC1CCC(Nc2cc(Nc3cccc4ccccc34)c3nccn3n2)CC1. The molecule has 142 valence electrons. The predicted octanol–water partition coefficient (Wildman–Crippen LogP) is 4.31. The number of nitrogens with two attached hydrogens (primary N) is 1. The molecule has 5 rings (SSSR count). The molecule has 28 heavy (non-hydrogen) atoms. The molecular weight excluding hydrogens is 348 g/mol. The maximum Gasteiger partial charge on any atom is 0.177 e. The number of aromatic nitrogens is 3. The van der Waals surface area contributed by atoms with Crippen molar-refractivity contribution in [3.05, 3.63) is 60.9 Å². The van der Waals surface area contributed by atoms with Crippen molar-refractivity contribution in [2.24, 2.45) is 5.73 Å². The molecule has 0 radical (unpaired) electrons. The number of hydrogen-bond donors (Lipinski definition) is 3. The Morgan fingerprint density at radius 3 is 2.68 bits per heavy atom. The minimum Gasteiger partial charge on any atom is -0.366 e. The lowest BCUT2D eigenvalue weighted by atomic mass is 9.92. The number of imidazole rings is 1. The first-order valence-electron chi connectivity index (χ1n) is 9.87. The molecule has 4 N–H and O–H groups in total. The lowest BCUT2D eigenvalue weighted by Gasteiger charge is -2.27. The highest BCUT2D eigenvalue weighted by Crippen LogP contribution is 2.29. The molecule has 6 nitrogen and oxygen atoms in total. The Bertz CT molecular complexity index is 1110. The van der Waals surface area contributed by atoms with Crippen LogP contribution in [0.1, 0.15) is 25.7 Å². The Morgan fingerprint density at radius 1 is 0.964 bits per heavy atom. The van der Waals surface area contributed by atoms with Gasteiger partial charge in [-0.15, -0.1) is 5.10 Å². The third-order valence-corrected chi connectivity index (χ3v) is 5.54. The van der Waals surface area contributed by atoms with Gasteiger partial charge in [0, 0.05) is 41.6 Å². The second-order valence-corrected chi connectivity index (χ2v) is 7.55. The number of nitrogens with one attached hydrogen (secondary N) is 2. The van der Waals surface area contributed by atoms with E-state index in [2.05, 4.69) is 69.2 Å². The van der Waals surface area contributed by atoms with Gasteiger partial charge in [-0.1, -0.05) is 36.4 Å². The third-order valence-electron chi connectivity index (χ3n) is 5.54. The van der Waals surface area contributed by atoms with Gasteiger partial charge in [0.2, 0.25) is 0 Å². The molecule has 4 aromatic rings. The van der Waals surface area contributed by atoms with Crippen molar-refractivity contribution in [3.8, 4) is 0 Å². The maximum atomic E-state index is 6.04. The van der Waals surface area contributed by atoms with Crippen molar-refractivity contribution < 1.29 is 0 Å². The fourth-order valence-electron chi connectivity index (χ4n) is 4.03. The number of fused-ring (bicyclic) bond motifs is 2. The van der Waals surface area contributed by atoms with E-state index in [0.29, 0.717) is 12.1 Å². The molecule has 1 aliphatic carbocycles. The molecule has 0 unspecified atom stereocenters. The number of nitrogens with zero attached hydrogens (tertiary/aromatic N) is 3. The zero-order chi connectivity index (χ0) is 18.9. The largest absolute Gasteiger partial charge is 0.366 e. The summed E-state index contributed by atoms with van der Waals surface area (Å²) in [6, 6.07) is 17.5. The van der Waals surface area contributed by atoms with Gasteiger partial charge in [0.15, 0.2) is 5.65 Å². The molecule has 0 aliphatic heterocycles. The summed E-state index contributed by atoms with van der Waals surface area (Å²) in [7, 11) is 0. The first kappa shape index (κ1) is 17.0. The van der Waals surface area contributed by atoms with Gasteiger partial charge in [-0.25, -0.2) is 9.50 Å². The number of benzene rings is 2. The van der Waals surface area contributed by atoms with Crippen LogP contribution >= 0.6 is 0 Å². The molecule has 1 saturated carbocycles. The van der Waals surface area contributed by atoms with Crippen LogP contribution in [0.15, 0.2) is 60.9 Å². The molecule has 0 spiro atoms. The first-order valence-corrected chi connectivity index (χ1v) is 9.87. The Balaban J connectivity index is 1.49. The zero-order valence-corrected chi connectivity index (χ0v) is 15.7. The lowest BCUT2D eigenvalue weighted by molar-refractivity contribution is 0.410. The fraction of sp³-hybridized carbons (Fsp3) is 0.273. The second-order valence-electron chi connectivity index (χ2n) is 7.55. The van der Waals surface area contributed by atoms with E-state index < -0.39 is 0 Å². The van der Waals surface area contributed by atoms with Gasteiger partial charge in [-0.3, -0.25) is 0 Å². The summed E-state index contributed by atoms with van der Waals surface area (Å²) in [6.45, 7) is 0. The Kier molecular flexibility index (Phi) is 4.33. The molecular formula is C22H24N6.